The largest absolute Gasteiger partial charge is 0.481 e. The Hall–Kier alpha value is -3.31. The van der Waals surface area contributed by atoms with Crippen LogP contribution in [0, 0.1) is 13.8 Å². The van der Waals surface area contributed by atoms with E-state index < -0.39 is 6.10 Å². The minimum absolute atomic E-state index is 0.253. The van der Waals surface area contributed by atoms with Crippen LogP contribution in [-0.2, 0) is 4.79 Å². The van der Waals surface area contributed by atoms with Gasteiger partial charge in [0.25, 0.3) is 11.8 Å². The number of amides is 2. The van der Waals surface area contributed by atoms with Crippen LogP contribution < -0.4 is 15.4 Å². The Balaban J connectivity index is 1.59. The van der Waals surface area contributed by atoms with Gasteiger partial charge in [0.15, 0.2) is 6.10 Å². The number of halogens is 1. The summed E-state index contributed by atoms with van der Waals surface area (Å²) < 4.78 is 5.70. The molecule has 0 fully saturated rings. The van der Waals surface area contributed by atoms with Crippen molar-refractivity contribution < 1.29 is 14.3 Å². The maximum absolute atomic E-state index is 12.5. The van der Waals surface area contributed by atoms with E-state index in [4.69, 9.17) is 16.3 Å². The summed E-state index contributed by atoms with van der Waals surface area (Å²) in [5.41, 5.74) is 3.77. The van der Waals surface area contributed by atoms with Gasteiger partial charge in [0.1, 0.15) is 5.75 Å². The number of anilines is 2. The van der Waals surface area contributed by atoms with E-state index in [1.807, 2.05) is 38.1 Å². The first-order chi connectivity index (χ1) is 14.3. The minimum atomic E-state index is -0.694. The van der Waals surface area contributed by atoms with Crippen molar-refractivity contribution in [3.8, 4) is 5.75 Å². The van der Waals surface area contributed by atoms with Crippen molar-refractivity contribution in [2.75, 3.05) is 10.6 Å². The molecule has 0 saturated carbocycles. The summed E-state index contributed by atoms with van der Waals surface area (Å²) in [7, 11) is 0. The zero-order valence-electron chi connectivity index (χ0n) is 17.0. The molecule has 0 aliphatic heterocycles. The van der Waals surface area contributed by atoms with Crippen LogP contribution in [0.4, 0.5) is 11.4 Å². The van der Waals surface area contributed by atoms with E-state index in [2.05, 4.69) is 10.6 Å². The molecule has 2 amide bonds. The number of nitrogens with one attached hydrogen (secondary N) is 2. The van der Waals surface area contributed by atoms with Gasteiger partial charge in [0.2, 0.25) is 0 Å². The lowest BCUT2D eigenvalue weighted by atomic mass is 10.1. The number of rotatable bonds is 6. The van der Waals surface area contributed by atoms with Crippen LogP contribution in [0.25, 0.3) is 0 Å². The number of carbonyl (C=O) groups is 2. The Morgan fingerprint density at radius 1 is 0.900 bits per heavy atom. The summed E-state index contributed by atoms with van der Waals surface area (Å²) in [6.07, 6.45) is -0.694. The predicted molar refractivity (Wildman–Crippen MR) is 120 cm³/mol. The van der Waals surface area contributed by atoms with Gasteiger partial charge in [0, 0.05) is 22.0 Å². The maximum Gasteiger partial charge on any atom is 0.265 e. The molecule has 2 N–H and O–H groups in total. The number of carbonyl (C=O) groups excluding carboxylic acids is 2. The molecule has 154 valence electrons. The van der Waals surface area contributed by atoms with E-state index in [1.165, 1.54) is 0 Å². The van der Waals surface area contributed by atoms with Crippen molar-refractivity contribution >= 4 is 34.8 Å². The molecule has 6 heteroatoms. The van der Waals surface area contributed by atoms with Gasteiger partial charge in [-0.15, -0.1) is 0 Å². The third-order valence-corrected chi connectivity index (χ3v) is 5.04. The van der Waals surface area contributed by atoms with Gasteiger partial charge in [-0.05, 0) is 74.9 Å². The lowest BCUT2D eigenvalue weighted by Gasteiger charge is -2.15. The molecule has 0 saturated heterocycles. The van der Waals surface area contributed by atoms with E-state index in [9.17, 15) is 9.59 Å². The first-order valence-electron chi connectivity index (χ1n) is 9.54. The molecule has 0 heterocycles. The van der Waals surface area contributed by atoms with Gasteiger partial charge in [0.05, 0.1) is 0 Å². The van der Waals surface area contributed by atoms with Crippen molar-refractivity contribution in [1.82, 2.24) is 0 Å². The van der Waals surface area contributed by atoms with Crippen molar-refractivity contribution in [3.05, 3.63) is 88.4 Å². The van der Waals surface area contributed by atoms with Crippen LogP contribution in [0.1, 0.15) is 28.4 Å². The zero-order chi connectivity index (χ0) is 21.7. The molecule has 3 rings (SSSR count). The molecule has 0 aromatic heterocycles. The summed E-state index contributed by atoms with van der Waals surface area (Å²) in [6.45, 7) is 5.50. The van der Waals surface area contributed by atoms with Crippen molar-refractivity contribution in [1.29, 1.82) is 0 Å². The van der Waals surface area contributed by atoms with Crippen molar-refractivity contribution in [2.24, 2.45) is 0 Å². The quantitative estimate of drug-likeness (QED) is 0.542. The van der Waals surface area contributed by atoms with Gasteiger partial charge < -0.3 is 15.4 Å². The lowest BCUT2D eigenvalue weighted by Crippen LogP contribution is -2.30. The molecule has 5 nitrogen and oxygen atoms in total. The van der Waals surface area contributed by atoms with Gasteiger partial charge >= 0.3 is 0 Å². The Morgan fingerprint density at radius 2 is 1.57 bits per heavy atom. The monoisotopic (exact) mass is 422 g/mol. The molecule has 1 atom stereocenters. The second kappa shape index (κ2) is 9.46. The maximum atomic E-state index is 12.5. The Kier molecular flexibility index (Phi) is 6.75. The summed E-state index contributed by atoms with van der Waals surface area (Å²) in [5, 5.41) is 6.26. The molecule has 3 aromatic rings. The first kappa shape index (κ1) is 21.4. The van der Waals surface area contributed by atoms with Crippen LogP contribution >= 0.6 is 11.6 Å². The Bertz CT molecular complexity index is 1050. The number of hydrogen-bond donors (Lipinski definition) is 2. The molecule has 0 radical (unpaired) electrons. The molecule has 3 aromatic carbocycles. The minimum Gasteiger partial charge on any atom is -0.481 e. The Labute approximate surface area is 181 Å². The number of benzene rings is 3. The smallest absolute Gasteiger partial charge is 0.265 e. The fourth-order valence-corrected chi connectivity index (χ4v) is 2.94. The van der Waals surface area contributed by atoms with Crippen LogP contribution in [0.3, 0.4) is 0 Å². The molecular weight excluding hydrogens is 400 g/mol. The third-order valence-electron chi connectivity index (χ3n) is 4.63. The standard InChI is InChI=1S/C24H23ClN2O3/c1-15-7-11-19(12-8-15)26-23(28)17(3)30-20-13-9-18(10-14-20)24(29)27-22-6-4-5-21(25)16(22)2/h4-14,17H,1-3H3,(H,26,28)(H,27,29). The molecule has 1 unspecified atom stereocenters. The van der Waals surface area contributed by atoms with E-state index in [-0.39, 0.29) is 11.8 Å². The molecule has 0 aliphatic rings. The van der Waals surface area contributed by atoms with E-state index >= 15 is 0 Å². The second-order valence-electron chi connectivity index (χ2n) is 7.01. The normalized spacial score (nSPS) is 11.5. The molecule has 30 heavy (non-hydrogen) atoms. The SMILES string of the molecule is Cc1ccc(NC(=O)C(C)Oc2ccc(C(=O)Nc3cccc(Cl)c3C)cc2)cc1. The Morgan fingerprint density at radius 3 is 2.23 bits per heavy atom. The van der Waals surface area contributed by atoms with Gasteiger partial charge in [-0.25, -0.2) is 0 Å². The van der Waals surface area contributed by atoms with Crippen LogP contribution in [-0.4, -0.2) is 17.9 Å². The highest BCUT2D eigenvalue weighted by atomic mass is 35.5. The number of aryl methyl sites for hydroxylation is 1. The van der Waals surface area contributed by atoms with E-state index in [1.54, 1.807) is 49.4 Å². The number of hydrogen-bond acceptors (Lipinski definition) is 3. The fraction of sp³-hybridized carbons (Fsp3) is 0.167. The van der Waals surface area contributed by atoms with Crippen molar-refractivity contribution in [2.45, 2.75) is 26.9 Å². The predicted octanol–water partition coefficient (Wildman–Crippen LogP) is 5.62. The van der Waals surface area contributed by atoms with Gasteiger partial charge in [-0.1, -0.05) is 35.4 Å². The fourth-order valence-electron chi connectivity index (χ4n) is 2.76. The molecule has 0 aliphatic carbocycles. The molecule has 0 spiro atoms. The highest BCUT2D eigenvalue weighted by molar-refractivity contribution is 6.31. The topological polar surface area (TPSA) is 67.4 Å². The van der Waals surface area contributed by atoms with E-state index in [0.29, 0.717) is 27.7 Å². The van der Waals surface area contributed by atoms with Crippen LogP contribution in [0.5, 0.6) is 5.75 Å². The zero-order valence-corrected chi connectivity index (χ0v) is 17.8. The second-order valence-corrected chi connectivity index (χ2v) is 7.41. The highest BCUT2D eigenvalue weighted by Gasteiger charge is 2.15. The summed E-state index contributed by atoms with van der Waals surface area (Å²) in [4.78, 5) is 24.8. The van der Waals surface area contributed by atoms with Gasteiger partial charge in [-0.2, -0.15) is 0 Å². The summed E-state index contributed by atoms with van der Waals surface area (Å²) >= 11 is 6.10. The van der Waals surface area contributed by atoms with Crippen LogP contribution in [0.15, 0.2) is 66.7 Å². The van der Waals surface area contributed by atoms with Crippen molar-refractivity contribution in [3.63, 3.8) is 0 Å². The third kappa shape index (κ3) is 5.39. The summed E-state index contributed by atoms with van der Waals surface area (Å²) in [5.74, 6) is -0.00812. The lowest BCUT2D eigenvalue weighted by molar-refractivity contribution is -0.122. The van der Waals surface area contributed by atoms with Crippen LogP contribution in [0.2, 0.25) is 5.02 Å². The molecule has 0 bridgehead atoms. The number of ether oxygens (including phenoxy) is 1. The van der Waals surface area contributed by atoms with Gasteiger partial charge in [-0.3, -0.25) is 9.59 Å². The first-order valence-corrected chi connectivity index (χ1v) is 9.92. The van der Waals surface area contributed by atoms with E-state index in [0.717, 1.165) is 11.1 Å². The average molecular weight is 423 g/mol. The summed E-state index contributed by atoms with van der Waals surface area (Å²) in [6, 6.07) is 19.5. The molecular formula is C24H23ClN2O3. The average Bonchev–Trinajstić information content (AvgIpc) is 2.73. The highest BCUT2D eigenvalue weighted by Crippen LogP contribution is 2.24.